The summed E-state index contributed by atoms with van der Waals surface area (Å²) in [6.07, 6.45) is 4.20. The number of benzene rings is 1. The van der Waals surface area contributed by atoms with E-state index >= 15 is 0 Å². The van der Waals surface area contributed by atoms with Crippen LogP contribution >= 0.6 is 11.6 Å². The van der Waals surface area contributed by atoms with Crippen LogP contribution in [0.5, 0.6) is 11.5 Å². The van der Waals surface area contributed by atoms with Gasteiger partial charge in [0.1, 0.15) is 12.4 Å². The van der Waals surface area contributed by atoms with Gasteiger partial charge in [-0.15, -0.1) is 0 Å². The molecule has 1 saturated heterocycles. The number of halogens is 1. The number of rotatable bonds is 7. The van der Waals surface area contributed by atoms with Gasteiger partial charge in [-0.1, -0.05) is 11.6 Å². The summed E-state index contributed by atoms with van der Waals surface area (Å²) >= 11 is 5.88. The lowest BCUT2D eigenvalue weighted by Crippen LogP contribution is -2.49. The molecule has 36 heavy (non-hydrogen) atoms. The summed E-state index contributed by atoms with van der Waals surface area (Å²) in [5, 5.41) is 6.06. The van der Waals surface area contributed by atoms with Crippen LogP contribution in [0.3, 0.4) is 0 Å². The summed E-state index contributed by atoms with van der Waals surface area (Å²) < 4.78 is 16.0. The van der Waals surface area contributed by atoms with Crippen LogP contribution in [0.15, 0.2) is 30.5 Å². The summed E-state index contributed by atoms with van der Waals surface area (Å²) in [6.45, 7) is 1.25. The Hall–Kier alpha value is -3.37. The minimum absolute atomic E-state index is 0.00492. The van der Waals surface area contributed by atoms with Gasteiger partial charge in [0.2, 0.25) is 11.8 Å². The first-order valence-corrected chi connectivity index (χ1v) is 12.1. The molecule has 2 aliphatic rings. The fourth-order valence-electron chi connectivity index (χ4n) is 4.60. The molecule has 0 bridgehead atoms. The van der Waals surface area contributed by atoms with E-state index in [1.165, 1.54) is 26.5 Å². The van der Waals surface area contributed by atoms with Crippen LogP contribution in [0, 0.1) is 5.92 Å². The first kappa shape index (κ1) is 25.7. The smallest absolute Gasteiger partial charge is 0.259 e. The molecular formula is C25H29ClN4O6. The highest BCUT2D eigenvalue weighted by Gasteiger charge is 2.33. The molecule has 1 aromatic heterocycles. The number of anilines is 2. The highest BCUT2D eigenvalue weighted by molar-refractivity contribution is 6.30. The molecule has 1 aliphatic heterocycles. The van der Waals surface area contributed by atoms with Gasteiger partial charge in [-0.25, -0.2) is 4.98 Å². The molecule has 0 spiro atoms. The number of carbonyl (C=O) groups excluding carboxylic acids is 3. The zero-order chi connectivity index (χ0) is 25.7. The first-order valence-electron chi connectivity index (χ1n) is 11.8. The molecule has 2 heterocycles. The van der Waals surface area contributed by atoms with Gasteiger partial charge in [0, 0.05) is 30.8 Å². The number of aromatic nitrogens is 1. The zero-order valence-corrected chi connectivity index (χ0v) is 21.0. The van der Waals surface area contributed by atoms with E-state index in [9.17, 15) is 14.4 Å². The summed E-state index contributed by atoms with van der Waals surface area (Å²) in [7, 11) is 2.95. The molecule has 192 valence electrons. The lowest BCUT2D eigenvalue weighted by molar-refractivity contribution is -0.146. The highest BCUT2D eigenvalue weighted by atomic mass is 35.5. The van der Waals surface area contributed by atoms with Crippen molar-refractivity contribution in [2.24, 2.45) is 5.92 Å². The Morgan fingerprint density at radius 1 is 1.08 bits per heavy atom. The van der Waals surface area contributed by atoms with Crippen LogP contribution in [0.1, 0.15) is 36.0 Å². The number of hydrogen-bond donors (Lipinski definition) is 2. The normalized spacial score (nSPS) is 20.0. The molecule has 2 aromatic rings. The third kappa shape index (κ3) is 5.88. The van der Waals surface area contributed by atoms with Gasteiger partial charge in [0.05, 0.1) is 37.1 Å². The number of nitrogens with zero attached hydrogens (tertiary/aromatic N) is 2. The summed E-state index contributed by atoms with van der Waals surface area (Å²) in [5.41, 5.74) is 0.500. The molecule has 0 atom stereocenters. The minimum atomic E-state index is -0.476. The molecule has 2 N–H and O–H groups in total. The monoisotopic (exact) mass is 516 g/mol. The number of nitrogens with one attached hydrogen (secondary N) is 2. The lowest BCUT2D eigenvalue weighted by Gasteiger charge is -2.38. The van der Waals surface area contributed by atoms with Crippen LogP contribution in [0.2, 0.25) is 5.02 Å². The van der Waals surface area contributed by atoms with E-state index in [-0.39, 0.29) is 35.9 Å². The molecule has 4 rings (SSSR count). The quantitative estimate of drug-likeness (QED) is 0.579. The number of hydrogen-bond acceptors (Lipinski definition) is 7. The first-order chi connectivity index (χ1) is 17.4. The van der Waals surface area contributed by atoms with E-state index in [1.807, 2.05) is 4.90 Å². The molecule has 2 fully saturated rings. The predicted molar refractivity (Wildman–Crippen MR) is 134 cm³/mol. The Balaban J connectivity index is 1.48. The second-order valence-electron chi connectivity index (χ2n) is 8.70. The van der Waals surface area contributed by atoms with Crippen LogP contribution in [0.25, 0.3) is 0 Å². The number of methoxy groups -OCH3 is 2. The summed E-state index contributed by atoms with van der Waals surface area (Å²) in [6, 6.07) is 6.40. The van der Waals surface area contributed by atoms with E-state index < -0.39 is 5.91 Å². The van der Waals surface area contributed by atoms with Crippen LogP contribution in [0.4, 0.5) is 11.5 Å². The van der Waals surface area contributed by atoms with Crippen molar-refractivity contribution in [2.75, 3.05) is 44.6 Å². The van der Waals surface area contributed by atoms with Gasteiger partial charge in [-0.3, -0.25) is 14.4 Å². The van der Waals surface area contributed by atoms with Crippen molar-refractivity contribution in [1.29, 1.82) is 0 Å². The lowest BCUT2D eigenvalue weighted by atomic mass is 9.84. The summed E-state index contributed by atoms with van der Waals surface area (Å²) in [5.74, 6) is 0.143. The predicted octanol–water partition coefficient (Wildman–Crippen LogP) is 3.36. The molecule has 3 amide bonds. The molecule has 1 aromatic carbocycles. The molecule has 1 saturated carbocycles. The van der Waals surface area contributed by atoms with E-state index in [0.29, 0.717) is 54.0 Å². The van der Waals surface area contributed by atoms with E-state index in [4.69, 9.17) is 25.8 Å². The Morgan fingerprint density at radius 2 is 1.81 bits per heavy atom. The Morgan fingerprint density at radius 3 is 2.44 bits per heavy atom. The number of pyridine rings is 1. The molecular weight excluding hydrogens is 488 g/mol. The maximum absolute atomic E-state index is 13.2. The Labute approximate surface area is 214 Å². The third-order valence-electron chi connectivity index (χ3n) is 6.53. The van der Waals surface area contributed by atoms with Gasteiger partial charge in [-0.05, 0) is 43.9 Å². The molecule has 0 unspecified atom stereocenters. The van der Waals surface area contributed by atoms with Crippen molar-refractivity contribution in [1.82, 2.24) is 9.88 Å². The number of morpholine rings is 1. The van der Waals surface area contributed by atoms with Crippen molar-refractivity contribution in [3.8, 4) is 11.5 Å². The van der Waals surface area contributed by atoms with Gasteiger partial charge in [0.25, 0.3) is 5.91 Å². The van der Waals surface area contributed by atoms with E-state index in [2.05, 4.69) is 15.6 Å². The van der Waals surface area contributed by atoms with E-state index in [1.54, 1.807) is 18.2 Å². The fourth-order valence-corrected chi connectivity index (χ4v) is 4.72. The molecule has 10 nitrogen and oxygen atoms in total. The van der Waals surface area contributed by atoms with Gasteiger partial charge in [-0.2, -0.15) is 0 Å². The topological polar surface area (TPSA) is 119 Å². The number of carbonyl (C=O) groups is 3. The average Bonchev–Trinajstić information content (AvgIpc) is 2.90. The SMILES string of the molecule is COc1cc(NC(=O)[C@H]2CC[C@H](N3CCOCC3=O)CC2)c(C(=O)Nc2ccc(Cl)cn2)cc1OC. The Bertz CT molecular complexity index is 1120. The van der Waals surface area contributed by atoms with Crippen LogP contribution in [-0.4, -0.2) is 67.6 Å². The van der Waals surface area contributed by atoms with Gasteiger partial charge in [0.15, 0.2) is 11.5 Å². The zero-order valence-electron chi connectivity index (χ0n) is 20.2. The van der Waals surface area contributed by atoms with E-state index in [0.717, 1.165) is 12.8 Å². The summed E-state index contributed by atoms with van der Waals surface area (Å²) in [4.78, 5) is 44.4. The number of ether oxygens (including phenoxy) is 3. The molecule has 1 aliphatic carbocycles. The highest BCUT2D eigenvalue weighted by Crippen LogP contribution is 2.35. The second kappa shape index (κ2) is 11.6. The Kier molecular flexibility index (Phi) is 8.27. The van der Waals surface area contributed by atoms with Gasteiger partial charge >= 0.3 is 0 Å². The minimum Gasteiger partial charge on any atom is -0.493 e. The maximum atomic E-state index is 13.2. The van der Waals surface area contributed by atoms with Crippen molar-refractivity contribution >= 4 is 40.8 Å². The third-order valence-corrected chi connectivity index (χ3v) is 6.75. The average molecular weight is 517 g/mol. The number of amides is 3. The van der Waals surface area contributed by atoms with Crippen LogP contribution < -0.4 is 20.1 Å². The largest absolute Gasteiger partial charge is 0.493 e. The van der Waals surface area contributed by atoms with Crippen molar-refractivity contribution in [3.05, 3.63) is 41.0 Å². The van der Waals surface area contributed by atoms with Crippen LogP contribution in [-0.2, 0) is 14.3 Å². The standard InChI is InChI=1S/C25H29ClN4O6/c1-34-20-11-18(25(33)29-22-8-5-16(26)13-27-22)19(12-21(20)35-2)28-24(32)15-3-6-17(7-4-15)30-9-10-36-14-23(30)31/h5,8,11-13,15,17H,3-4,6-7,9-10,14H2,1-2H3,(H,28,32)(H,27,29,33)/t15-,17-. The van der Waals surface area contributed by atoms with Crippen molar-refractivity contribution in [3.63, 3.8) is 0 Å². The second-order valence-corrected chi connectivity index (χ2v) is 9.14. The molecule has 0 radical (unpaired) electrons. The van der Waals surface area contributed by atoms with Crippen molar-refractivity contribution in [2.45, 2.75) is 31.7 Å². The van der Waals surface area contributed by atoms with Gasteiger partial charge < -0.3 is 29.7 Å². The van der Waals surface area contributed by atoms with Crippen molar-refractivity contribution < 1.29 is 28.6 Å². The maximum Gasteiger partial charge on any atom is 0.259 e. The fraction of sp³-hybridized carbons (Fsp3) is 0.440. The molecule has 11 heteroatoms.